The topological polar surface area (TPSA) is 71.1 Å². The number of hydrogen-bond acceptors (Lipinski definition) is 5. The number of hydrogen-bond donors (Lipinski definition) is 2. The highest BCUT2D eigenvalue weighted by atomic mass is 32.2. The second-order valence-electron chi connectivity index (χ2n) is 8.62. The monoisotopic (exact) mass is 523 g/mol. The Morgan fingerprint density at radius 2 is 1.57 bits per heavy atom. The largest absolute Gasteiger partial charge is 0.326 e. The molecule has 5 nitrogen and oxygen atoms in total. The number of amides is 2. The first-order valence-corrected chi connectivity index (χ1v) is 13.6. The van der Waals surface area contributed by atoms with Crippen LogP contribution in [0.4, 0.5) is 10.8 Å². The number of rotatable bonds is 8. The van der Waals surface area contributed by atoms with Crippen molar-refractivity contribution in [3.05, 3.63) is 120 Å². The minimum absolute atomic E-state index is 0.0702. The van der Waals surface area contributed by atoms with E-state index < -0.39 is 5.25 Å². The van der Waals surface area contributed by atoms with Crippen LogP contribution in [0.3, 0.4) is 0 Å². The van der Waals surface area contributed by atoms with Crippen LogP contribution in [0.15, 0.2) is 108 Å². The highest BCUT2D eigenvalue weighted by molar-refractivity contribution is 8.00. The van der Waals surface area contributed by atoms with Crippen LogP contribution in [-0.2, 0) is 16.0 Å². The molecule has 5 rings (SSSR count). The predicted molar refractivity (Wildman–Crippen MR) is 153 cm³/mol. The summed E-state index contributed by atoms with van der Waals surface area (Å²) in [6.07, 6.45) is 0.318. The van der Waals surface area contributed by atoms with Crippen LogP contribution in [0.2, 0.25) is 0 Å². The van der Waals surface area contributed by atoms with E-state index in [1.165, 1.54) is 23.1 Å². The van der Waals surface area contributed by atoms with Crippen molar-refractivity contribution in [3.8, 4) is 0 Å². The summed E-state index contributed by atoms with van der Waals surface area (Å²) < 4.78 is 1.05. The summed E-state index contributed by atoms with van der Waals surface area (Å²) in [6.45, 7) is 2.04. The fourth-order valence-corrected chi connectivity index (χ4v) is 5.89. The van der Waals surface area contributed by atoms with E-state index in [0.717, 1.165) is 37.5 Å². The smallest absolute Gasteiger partial charge is 0.244 e. The van der Waals surface area contributed by atoms with Crippen molar-refractivity contribution < 1.29 is 9.59 Å². The van der Waals surface area contributed by atoms with Crippen LogP contribution in [0, 0.1) is 6.92 Å². The first-order chi connectivity index (χ1) is 18.0. The third-order valence-electron chi connectivity index (χ3n) is 5.71. The molecule has 0 aliphatic heterocycles. The SMILES string of the molecule is Cc1ccc2nc(NC(=O)C(Sc3ccc(NC(=O)Cc4ccccc4)cc3)c3ccccc3)sc2c1. The van der Waals surface area contributed by atoms with Crippen LogP contribution < -0.4 is 10.6 Å². The molecule has 1 atom stereocenters. The predicted octanol–water partition coefficient (Wildman–Crippen LogP) is 7.26. The second-order valence-corrected chi connectivity index (χ2v) is 10.8. The first-order valence-electron chi connectivity index (χ1n) is 11.9. The molecule has 0 aliphatic carbocycles. The van der Waals surface area contributed by atoms with E-state index in [1.54, 1.807) is 0 Å². The van der Waals surface area contributed by atoms with Crippen LogP contribution in [0.5, 0.6) is 0 Å². The van der Waals surface area contributed by atoms with Crippen LogP contribution >= 0.6 is 23.1 Å². The van der Waals surface area contributed by atoms with Gasteiger partial charge in [-0.25, -0.2) is 4.98 Å². The molecule has 1 heterocycles. The van der Waals surface area contributed by atoms with Gasteiger partial charge in [-0.2, -0.15) is 0 Å². The number of thioether (sulfide) groups is 1. The van der Waals surface area contributed by atoms with Crippen molar-refractivity contribution in [1.29, 1.82) is 0 Å². The number of carbonyl (C=O) groups excluding carboxylic acids is 2. The van der Waals surface area contributed by atoms with Crippen LogP contribution in [0.1, 0.15) is 21.9 Å². The fraction of sp³-hybridized carbons (Fsp3) is 0.100. The number of fused-ring (bicyclic) bond motifs is 1. The molecule has 2 N–H and O–H groups in total. The zero-order valence-electron chi connectivity index (χ0n) is 20.2. The number of benzene rings is 4. The first kappa shape index (κ1) is 24.7. The normalized spacial score (nSPS) is 11.7. The number of nitrogens with one attached hydrogen (secondary N) is 2. The number of nitrogens with zero attached hydrogens (tertiary/aromatic N) is 1. The molecular weight excluding hydrogens is 498 g/mol. The van der Waals surface area contributed by atoms with Crippen molar-refractivity contribution in [2.24, 2.45) is 0 Å². The summed E-state index contributed by atoms with van der Waals surface area (Å²) in [6, 6.07) is 33.0. The maximum Gasteiger partial charge on any atom is 0.244 e. The van der Waals surface area contributed by atoms with E-state index in [9.17, 15) is 9.59 Å². The molecule has 0 radical (unpaired) electrons. The average molecular weight is 524 g/mol. The van der Waals surface area contributed by atoms with E-state index in [2.05, 4.69) is 21.7 Å². The van der Waals surface area contributed by atoms with Gasteiger partial charge in [0, 0.05) is 10.6 Å². The van der Waals surface area contributed by atoms with E-state index >= 15 is 0 Å². The molecule has 184 valence electrons. The van der Waals surface area contributed by atoms with Crippen molar-refractivity contribution in [1.82, 2.24) is 4.98 Å². The van der Waals surface area contributed by atoms with Gasteiger partial charge in [0.1, 0.15) is 5.25 Å². The van der Waals surface area contributed by atoms with Gasteiger partial charge in [0.15, 0.2) is 5.13 Å². The molecule has 1 unspecified atom stereocenters. The molecule has 0 fully saturated rings. The molecule has 2 amide bonds. The summed E-state index contributed by atoms with van der Waals surface area (Å²) in [5.41, 5.74) is 4.62. The van der Waals surface area contributed by atoms with Crippen molar-refractivity contribution >= 4 is 55.9 Å². The molecular formula is C30H25N3O2S2. The van der Waals surface area contributed by atoms with Gasteiger partial charge in [-0.05, 0) is 60.0 Å². The third-order valence-corrected chi connectivity index (χ3v) is 7.91. The Morgan fingerprint density at radius 3 is 2.30 bits per heavy atom. The second kappa shape index (κ2) is 11.4. The number of anilines is 2. The van der Waals surface area contributed by atoms with Gasteiger partial charge in [-0.1, -0.05) is 78.1 Å². The summed E-state index contributed by atoms with van der Waals surface area (Å²) in [7, 11) is 0. The number of aromatic nitrogens is 1. The minimum Gasteiger partial charge on any atom is -0.326 e. The lowest BCUT2D eigenvalue weighted by atomic mass is 10.1. The van der Waals surface area contributed by atoms with Gasteiger partial charge in [-0.15, -0.1) is 11.8 Å². The van der Waals surface area contributed by atoms with E-state index in [4.69, 9.17) is 0 Å². The van der Waals surface area contributed by atoms with Gasteiger partial charge >= 0.3 is 0 Å². The minimum atomic E-state index is -0.464. The molecule has 37 heavy (non-hydrogen) atoms. The lowest BCUT2D eigenvalue weighted by Crippen LogP contribution is -2.19. The number of aryl methyl sites for hydroxylation is 1. The summed E-state index contributed by atoms with van der Waals surface area (Å²) in [5.74, 6) is -0.202. The maximum absolute atomic E-state index is 13.4. The molecule has 0 bridgehead atoms. The van der Waals surface area contributed by atoms with Gasteiger partial charge in [0.05, 0.1) is 16.6 Å². The summed E-state index contributed by atoms with van der Waals surface area (Å²) in [4.78, 5) is 31.3. The molecule has 7 heteroatoms. The summed E-state index contributed by atoms with van der Waals surface area (Å²) in [5, 5.41) is 6.08. The lowest BCUT2D eigenvalue weighted by Gasteiger charge is -2.16. The zero-order chi connectivity index (χ0) is 25.6. The van der Waals surface area contributed by atoms with Crippen LogP contribution in [0.25, 0.3) is 10.2 Å². The third kappa shape index (κ3) is 6.44. The molecule has 0 saturated heterocycles. The van der Waals surface area contributed by atoms with E-state index in [0.29, 0.717) is 11.6 Å². The van der Waals surface area contributed by atoms with Crippen molar-refractivity contribution in [2.45, 2.75) is 23.5 Å². The molecule has 0 spiro atoms. The molecule has 4 aromatic carbocycles. The standard InChI is InChI=1S/C30H25N3O2S2/c1-20-12-17-25-26(18-20)37-30(32-25)33-29(35)28(22-10-6-3-7-11-22)36-24-15-13-23(14-16-24)31-27(34)19-21-8-4-2-5-9-21/h2-18,28H,19H2,1H3,(H,31,34)(H,32,33,35). The quantitative estimate of drug-likeness (QED) is 0.210. The maximum atomic E-state index is 13.4. The Bertz CT molecular complexity index is 1520. The lowest BCUT2D eigenvalue weighted by molar-refractivity contribution is -0.116. The fourth-order valence-electron chi connectivity index (χ4n) is 3.90. The average Bonchev–Trinajstić information content (AvgIpc) is 3.30. The van der Waals surface area contributed by atoms with Gasteiger partial charge < -0.3 is 10.6 Å². The van der Waals surface area contributed by atoms with E-state index in [1.807, 2.05) is 104 Å². The molecule has 5 aromatic rings. The summed E-state index contributed by atoms with van der Waals surface area (Å²) >= 11 is 2.94. The Kier molecular flexibility index (Phi) is 7.63. The number of carbonyl (C=O) groups is 2. The van der Waals surface area contributed by atoms with Crippen LogP contribution in [-0.4, -0.2) is 16.8 Å². The highest BCUT2D eigenvalue weighted by Crippen LogP contribution is 2.37. The number of thiazole rings is 1. The molecule has 1 aromatic heterocycles. The van der Waals surface area contributed by atoms with Crippen molar-refractivity contribution in [3.63, 3.8) is 0 Å². The van der Waals surface area contributed by atoms with Gasteiger partial charge in [0.25, 0.3) is 0 Å². The Morgan fingerprint density at radius 1 is 0.865 bits per heavy atom. The van der Waals surface area contributed by atoms with Gasteiger partial charge in [-0.3, -0.25) is 9.59 Å². The van der Waals surface area contributed by atoms with Crippen molar-refractivity contribution in [2.75, 3.05) is 10.6 Å². The Labute approximate surface area is 224 Å². The zero-order valence-corrected chi connectivity index (χ0v) is 21.8. The molecule has 0 aliphatic rings. The Hall–Kier alpha value is -3.94. The Balaban J connectivity index is 1.29. The highest BCUT2D eigenvalue weighted by Gasteiger charge is 2.23. The molecule has 0 saturated carbocycles. The van der Waals surface area contributed by atoms with Gasteiger partial charge in [0.2, 0.25) is 11.8 Å². The van der Waals surface area contributed by atoms with E-state index in [-0.39, 0.29) is 11.8 Å².